The number of carbonyl (C=O) groups is 3. The summed E-state index contributed by atoms with van der Waals surface area (Å²) in [4.78, 5) is 42.3. The third-order valence-corrected chi connectivity index (χ3v) is 6.11. The summed E-state index contributed by atoms with van der Waals surface area (Å²) >= 11 is 16.2. The van der Waals surface area contributed by atoms with E-state index in [0.29, 0.717) is 13.5 Å². The number of rotatable bonds is 6. The topological polar surface area (TPSA) is 129 Å². The van der Waals surface area contributed by atoms with Gasteiger partial charge in [-0.05, 0) is 63.0 Å². The summed E-state index contributed by atoms with van der Waals surface area (Å²) in [6.07, 6.45) is 1.51. The molecule has 2 heterocycles. The zero-order valence-corrected chi connectivity index (χ0v) is 22.9. The van der Waals surface area contributed by atoms with E-state index < -0.39 is 24.3 Å². The van der Waals surface area contributed by atoms with Gasteiger partial charge in [-0.3, -0.25) is 24.8 Å². The number of hydrogen-bond donors (Lipinski definition) is 3. The van der Waals surface area contributed by atoms with E-state index in [1.54, 1.807) is 25.1 Å². The monoisotopic (exact) mass is 676 g/mol. The van der Waals surface area contributed by atoms with Crippen molar-refractivity contribution in [3.8, 4) is 5.82 Å². The molecule has 34 heavy (non-hydrogen) atoms. The number of pyridine rings is 1. The third-order valence-electron chi connectivity index (χ3n) is 4.34. The smallest absolute Gasteiger partial charge is 0.274 e. The Kier molecular flexibility index (Phi) is 8.82. The number of hydrogen-bond acceptors (Lipinski definition) is 6. The Bertz CT molecular complexity index is 1270. The van der Waals surface area contributed by atoms with E-state index in [-0.39, 0.29) is 34.3 Å². The van der Waals surface area contributed by atoms with Gasteiger partial charge in [0.2, 0.25) is 0 Å². The van der Waals surface area contributed by atoms with Crippen LogP contribution in [0, 0.1) is 0 Å². The molecule has 0 spiro atoms. The zero-order chi connectivity index (χ0) is 25.0. The van der Waals surface area contributed by atoms with Gasteiger partial charge in [0.1, 0.15) is 16.9 Å². The van der Waals surface area contributed by atoms with Crippen LogP contribution in [0.5, 0.6) is 0 Å². The van der Waals surface area contributed by atoms with Crippen LogP contribution in [0.4, 0.5) is 5.69 Å². The van der Waals surface area contributed by atoms with Gasteiger partial charge in [-0.15, -0.1) is 0 Å². The Labute approximate surface area is 224 Å². The van der Waals surface area contributed by atoms with Crippen LogP contribution in [0.25, 0.3) is 5.82 Å². The lowest BCUT2D eigenvalue weighted by Crippen LogP contribution is -2.47. The number of aliphatic hydroxyl groups excluding tert-OH is 1. The number of hydrazine groups is 1. The molecule has 3 amide bonds. The lowest BCUT2D eigenvalue weighted by molar-refractivity contribution is -0.127. The van der Waals surface area contributed by atoms with Gasteiger partial charge in [0.15, 0.2) is 5.82 Å². The lowest BCUT2D eigenvalue weighted by Gasteiger charge is -2.23. The van der Waals surface area contributed by atoms with E-state index >= 15 is 0 Å². The molecule has 0 saturated heterocycles. The highest BCUT2D eigenvalue weighted by Crippen LogP contribution is 2.32. The van der Waals surface area contributed by atoms with E-state index in [9.17, 15) is 14.4 Å². The van der Waals surface area contributed by atoms with Crippen molar-refractivity contribution in [2.75, 3.05) is 18.5 Å². The molecule has 0 aliphatic heterocycles. The SMILES string of the molecule is CCN(NC(=O)CO)C(=O)c1cc(Br)cc(Br)c1NC(=O)c1cc(Br)nn1-c1ncccc1Cl. The number of anilines is 1. The minimum atomic E-state index is -0.787. The maximum atomic E-state index is 13.3. The lowest BCUT2D eigenvalue weighted by atomic mass is 10.1. The molecule has 0 atom stereocenters. The number of aliphatic hydroxyl groups is 1. The highest BCUT2D eigenvalue weighted by molar-refractivity contribution is 9.11. The second-order valence-electron chi connectivity index (χ2n) is 6.58. The van der Waals surface area contributed by atoms with Crippen molar-refractivity contribution in [2.45, 2.75) is 6.92 Å². The Hall–Kier alpha value is -2.32. The van der Waals surface area contributed by atoms with Crippen molar-refractivity contribution < 1.29 is 19.5 Å². The molecule has 0 radical (unpaired) electrons. The molecule has 1 aromatic carbocycles. The number of nitrogens with zero attached hydrogens (tertiary/aromatic N) is 4. The van der Waals surface area contributed by atoms with E-state index in [1.165, 1.54) is 23.0 Å². The fourth-order valence-corrected chi connectivity index (χ4v) is 4.76. The number of carbonyl (C=O) groups excluding carboxylic acids is 3. The number of halogens is 4. The maximum absolute atomic E-state index is 13.3. The molecule has 178 valence electrons. The van der Waals surface area contributed by atoms with Crippen LogP contribution in [0.15, 0.2) is 50.1 Å². The fourth-order valence-electron chi connectivity index (χ4n) is 2.86. The van der Waals surface area contributed by atoms with Gasteiger partial charge in [-0.1, -0.05) is 27.5 Å². The molecular formula is C20H16Br3ClN6O4. The summed E-state index contributed by atoms with van der Waals surface area (Å²) in [7, 11) is 0. The fraction of sp³-hybridized carbons (Fsp3) is 0.150. The average molecular weight is 680 g/mol. The molecule has 0 unspecified atom stereocenters. The van der Waals surface area contributed by atoms with Crippen LogP contribution in [0.3, 0.4) is 0 Å². The van der Waals surface area contributed by atoms with Gasteiger partial charge in [0.05, 0.1) is 16.3 Å². The molecule has 3 N–H and O–H groups in total. The van der Waals surface area contributed by atoms with Crippen LogP contribution >= 0.6 is 59.4 Å². The van der Waals surface area contributed by atoms with Gasteiger partial charge in [-0.2, -0.15) is 5.10 Å². The summed E-state index contributed by atoms with van der Waals surface area (Å²) in [6.45, 7) is 0.970. The molecule has 2 aromatic heterocycles. The van der Waals surface area contributed by atoms with E-state index in [4.69, 9.17) is 16.7 Å². The second kappa shape index (κ2) is 11.4. The van der Waals surface area contributed by atoms with E-state index in [1.807, 2.05) is 0 Å². The van der Waals surface area contributed by atoms with Crippen LogP contribution in [-0.4, -0.2) is 55.8 Å². The zero-order valence-electron chi connectivity index (χ0n) is 17.4. The standard InChI is InChI=1S/C20H16Br3ClN6O4/c1-2-29(28-16(32)9-31)20(34)11-6-10(21)7-12(22)17(11)26-19(33)14-8-15(23)27-30(14)18-13(24)4-3-5-25-18/h3-8,31H,2,9H2,1H3,(H,26,33)(H,28,32). The molecule has 3 rings (SSSR count). The molecule has 10 nitrogen and oxygen atoms in total. The van der Waals surface area contributed by atoms with Crippen LogP contribution < -0.4 is 10.7 Å². The third kappa shape index (κ3) is 5.84. The molecule has 0 aliphatic rings. The Balaban J connectivity index is 2.02. The highest BCUT2D eigenvalue weighted by Gasteiger charge is 2.25. The molecule has 3 aromatic rings. The molecule has 0 bridgehead atoms. The summed E-state index contributed by atoms with van der Waals surface area (Å²) in [5, 5.41) is 17.3. The van der Waals surface area contributed by atoms with Crippen LogP contribution in [0.1, 0.15) is 27.8 Å². The number of amides is 3. The van der Waals surface area contributed by atoms with Crippen LogP contribution in [0.2, 0.25) is 5.02 Å². The molecule has 0 fully saturated rings. The van der Waals surface area contributed by atoms with Crippen molar-refractivity contribution >= 4 is 82.8 Å². The molecule has 0 aliphatic carbocycles. The highest BCUT2D eigenvalue weighted by atomic mass is 79.9. The second-order valence-corrected chi connectivity index (χ2v) is 9.57. The van der Waals surface area contributed by atoms with Crippen molar-refractivity contribution in [2.24, 2.45) is 0 Å². The van der Waals surface area contributed by atoms with E-state index in [0.717, 1.165) is 5.01 Å². The first kappa shape index (κ1) is 26.3. The van der Waals surface area contributed by atoms with E-state index in [2.05, 4.69) is 68.6 Å². The molecule has 0 saturated carbocycles. The largest absolute Gasteiger partial charge is 0.386 e. The maximum Gasteiger partial charge on any atom is 0.274 e. The average Bonchev–Trinajstić information content (AvgIpc) is 3.20. The summed E-state index contributed by atoms with van der Waals surface area (Å²) in [5.41, 5.74) is 2.65. The van der Waals surface area contributed by atoms with Crippen molar-refractivity contribution in [3.63, 3.8) is 0 Å². The summed E-state index contributed by atoms with van der Waals surface area (Å²) < 4.78 is 2.60. The first-order chi connectivity index (χ1) is 16.2. The van der Waals surface area contributed by atoms with Gasteiger partial charge in [-0.25, -0.2) is 9.67 Å². The van der Waals surface area contributed by atoms with Crippen LogP contribution in [-0.2, 0) is 4.79 Å². The van der Waals surface area contributed by atoms with Crippen molar-refractivity contribution in [3.05, 3.63) is 66.4 Å². The van der Waals surface area contributed by atoms with Crippen molar-refractivity contribution in [1.29, 1.82) is 0 Å². The van der Waals surface area contributed by atoms with Crippen molar-refractivity contribution in [1.82, 2.24) is 25.2 Å². The minimum Gasteiger partial charge on any atom is -0.386 e. The number of benzene rings is 1. The predicted octanol–water partition coefficient (Wildman–Crippen LogP) is 3.95. The first-order valence-electron chi connectivity index (χ1n) is 9.55. The normalized spacial score (nSPS) is 10.6. The number of nitrogens with one attached hydrogen (secondary N) is 2. The number of aromatic nitrogens is 3. The van der Waals surface area contributed by atoms with Gasteiger partial charge in [0, 0.05) is 27.8 Å². The van der Waals surface area contributed by atoms with Gasteiger partial charge in [0.25, 0.3) is 17.7 Å². The Morgan fingerprint density at radius 2 is 1.94 bits per heavy atom. The minimum absolute atomic E-state index is 0.0793. The molecular weight excluding hydrogens is 663 g/mol. The molecule has 14 heteroatoms. The van der Waals surface area contributed by atoms with Gasteiger partial charge < -0.3 is 10.4 Å². The Morgan fingerprint density at radius 3 is 2.59 bits per heavy atom. The summed E-state index contributed by atoms with van der Waals surface area (Å²) in [5.74, 6) is -1.71. The Morgan fingerprint density at radius 1 is 1.21 bits per heavy atom. The summed E-state index contributed by atoms with van der Waals surface area (Å²) in [6, 6.07) is 7.89. The van der Waals surface area contributed by atoms with Gasteiger partial charge >= 0.3 is 0 Å². The quantitative estimate of drug-likeness (QED) is 0.339. The first-order valence-corrected chi connectivity index (χ1v) is 12.3. The predicted molar refractivity (Wildman–Crippen MR) is 136 cm³/mol.